The van der Waals surface area contributed by atoms with Gasteiger partial charge in [-0.15, -0.1) is 0 Å². The van der Waals surface area contributed by atoms with E-state index in [1.807, 2.05) is 6.26 Å². The summed E-state index contributed by atoms with van der Waals surface area (Å²) >= 11 is 20.9. The Labute approximate surface area is 115 Å². The Kier molecular flexibility index (Phi) is 5.04. The third-order valence-corrected chi connectivity index (χ3v) is 3.28. The number of hydrogen-bond acceptors (Lipinski definition) is 3. The molecule has 0 aliphatic carbocycles. The van der Waals surface area contributed by atoms with Gasteiger partial charge in [-0.1, -0.05) is 69.2 Å². The molecule has 0 saturated heterocycles. The predicted molar refractivity (Wildman–Crippen MR) is 70.8 cm³/mol. The Morgan fingerprint density at radius 3 is 2.50 bits per heavy atom. The predicted octanol–water partition coefficient (Wildman–Crippen LogP) is 3.96. The molecule has 0 aromatic carbocycles. The maximum absolute atomic E-state index is 5.75. The van der Waals surface area contributed by atoms with E-state index in [4.69, 9.17) is 34.8 Å². The van der Waals surface area contributed by atoms with Gasteiger partial charge in [-0.25, -0.2) is 9.97 Å². The topological polar surface area (TPSA) is 25.8 Å². The average Bonchev–Trinajstić information content (AvgIpc) is 2.15. The lowest BCUT2D eigenvalue weighted by atomic mass is 10.3. The lowest BCUT2D eigenvalue weighted by Gasteiger charge is -2.11. The van der Waals surface area contributed by atoms with E-state index in [1.165, 1.54) is 11.8 Å². The van der Waals surface area contributed by atoms with E-state index >= 15 is 0 Å². The second-order valence-corrected chi connectivity index (χ2v) is 6.18. The molecule has 1 heterocycles. The van der Waals surface area contributed by atoms with Gasteiger partial charge in [-0.05, 0) is 12.3 Å². The van der Waals surface area contributed by atoms with Crippen LogP contribution in [0.3, 0.4) is 0 Å². The first kappa shape index (κ1) is 13.1. The van der Waals surface area contributed by atoms with Crippen molar-refractivity contribution in [3.8, 4) is 0 Å². The Morgan fingerprint density at radius 1 is 1.43 bits per heavy atom. The molecule has 0 bridgehead atoms. The summed E-state index contributed by atoms with van der Waals surface area (Å²) in [7, 11) is 0. The molecule has 0 spiro atoms. The highest BCUT2D eigenvalue weighted by Gasteiger charge is 2.25. The SMILES string of the molecule is CSc1nc(CI)cc(C(Cl)(Cl)Cl)n1. The van der Waals surface area contributed by atoms with Gasteiger partial charge in [0.25, 0.3) is 0 Å². The van der Waals surface area contributed by atoms with Gasteiger partial charge in [0, 0.05) is 4.43 Å². The first-order valence-electron chi connectivity index (χ1n) is 3.52. The van der Waals surface area contributed by atoms with Crippen molar-refractivity contribution in [2.45, 2.75) is 13.4 Å². The van der Waals surface area contributed by atoms with Crippen molar-refractivity contribution in [3.63, 3.8) is 0 Å². The van der Waals surface area contributed by atoms with Gasteiger partial charge >= 0.3 is 0 Å². The minimum Gasteiger partial charge on any atom is -0.227 e. The van der Waals surface area contributed by atoms with E-state index in [-0.39, 0.29) is 0 Å². The highest BCUT2D eigenvalue weighted by Crippen LogP contribution is 2.37. The van der Waals surface area contributed by atoms with Crippen LogP contribution in [0.5, 0.6) is 0 Å². The Bertz CT molecular complexity index is 307. The Hall–Kier alpha value is 1.03. The molecule has 0 amide bonds. The van der Waals surface area contributed by atoms with Crippen LogP contribution >= 0.6 is 69.2 Å². The second kappa shape index (κ2) is 5.39. The zero-order valence-electron chi connectivity index (χ0n) is 7.10. The zero-order valence-corrected chi connectivity index (χ0v) is 12.3. The van der Waals surface area contributed by atoms with E-state index in [0.717, 1.165) is 10.1 Å². The molecule has 0 unspecified atom stereocenters. The summed E-state index contributed by atoms with van der Waals surface area (Å²) in [6.07, 6.45) is 1.88. The van der Waals surface area contributed by atoms with Crippen LogP contribution in [0.15, 0.2) is 11.2 Å². The number of thioether (sulfide) groups is 1. The fourth-order valence-electron chi connectivity index (χ4n) is 0.778. The van der Waals surface area contributed by atoms with Crippen LogP contribution in [-0.2, 0) is 8.22 Å². The fourth-order valence-corrected chi connectivity index (χ4v) is 1.86. The zero-order chi connectivity index (χ0) is 10.8. The van der Waals surface area contributed by atoms with Gasteiger partial charge in [0.15, 0.2) is 5.16 Å². The van der Waals surface area contributed by atoms with Crippen LogP contribution in [-0.4, -0.2) is 16.2 Å². The van der Waals surface area contributed by atoms with E-state index in [0.29, 0.717) is 10.9 Å². The molecule has 0 aliphatic rings. The molecule has 0 aliphatic heterocycles. The summed E-state index contributed by atoms with van der Waals surface area (Å²) in [5.41, 5.74) is 1.29. The summed E-state index contributed by atoms with van der Waals surface area (Å²) in [4.78, 5) is 8.38. The highest BCUT2D eigenvalue weighted by atomic mass is 127. The standard InChI is InChI=1S/C7H6Cl3IN2S/c1-14-6-12-4(3-11)2-5(13-6)7(8,9)10/h2H,3H2,1H3. The molecule has 0 saturated carbocycles. The maximum Gasteiger partial charge on any atom is 0.232 e. The van der Waals surface area contributed by atoms with Crippen molar-refractivity contribution in [3.05, 3.63) is 17.5 Å². The number of hydrogen-bond donors (Lipinski definition) is 0. The molecule has 14 heavy (non-hydrogen) atoms. The van der Waals surface area contributed by atoms with E-state index in [9.17, 15) is 0 Å². The lowest BCUT2D eigenvalue weighted by Crippen LogP contribution is -2.07. The maximum atomic E-state index is 5.75. The van der Waals surface area contributed by atoms with Gasteiger partial charge in [-0.3, -0.25) is 0 Å². The second-order valence-electron chi connectivity index (χ2n) is 2.36. The van der Waals surface area contributed by atoms with Crippen molar-refractivity contribution in [2.75, 3.05) is 6.26 Å². The minimum absolute atomic E-state index is 0.425. The van der Waals surface area contributed by atoms with E-state index in [2.05, 4.69) is 32.6 Å². The molecule has 78 valence electrons. The van der Waals surface area contributed by atoms with Crippen molar-refractivity contribution < 1.29 is 0 Å². The van der Waals surface area contributed by atoms with Crippen molar-refractivity contribution in [1.82, 2.24) is 9.97 Å². The van der Waals surface area contributed by atoms with Crippen molar-refractivity contribution in [1.29, 1.82) is 0 Å². The van der Waals surface area contributed by atoms with E-state index < -0.39 is 3.79 Å². The number of aromatic nitrogens is 2. The van der Waals surface area contributed by atoms with Gasteiger partial charge in [0.1, 0.15) is 0 Å². The van der Waals surface area contributed by atoms with Crippen molar-refractivity contribution in [2.24, 2.45) is 0 Å². The normalized spacial score (nSPS) is 11.8. The summed E-state index contributed by atoms with van der Waals surface area (Å²) in [5.74, 6) is 0. The summed E-state index contributed by atoms with van der Waals surface area (Å²) < 4.78 is -0.713. The van der Waals surface area contributed by atoms with Crippen molar-refractivity contribution >= 4 is 69.2 Å². The van der Waals surface area contributed by atoms with Gasteiger partial charge in [0.2, 0.25) is 3.79 Å². The minimum atomic E-state index is -1.48. The number of rotatable bonds is 2. The molecular weight excluding hydrogens is 377 g/mol. The quantitative estimate of drug-likeness (QED) is 0.335. The van der Waals surface area contributed by atoms with Crippen LogP contribution in [0.2, 0.25) is 0 Å². The summed E-state index contributed by atoms with van der Waals surface area (Å²) in [6, 6.07) is 1.71. The summed E-state index contributed by atoms with van der Waals surface area (Å²) in [5, 5.41) is 0.625. The van der Waals surface area contributed by atoms with Crippen LogP contribution in [0.25, 0.3) is 0 Å². The van der Waals surface area contributed by atoms with Crippen LogP contribution in [0, 0.1) is 0 Å². The van der Waals surface area contributed by atoms with Crippen LogP contribution in [0.4, 0.5) is 0 Å². The fraction of sp³-hybridized carbons (Fsp3) is 0.429. The molecule has 0 radical (unpaired) electrons. The number of alkyl halides is 4. The first-order chi connectivity index (χ1) is 6.47. The summed E-state index contributed by atoms with van der Waals surface area (Å²) in [6.45, 7) is 0. The average molecular weight is 383 g/mol. The largest absolute Gasteiger partial charge is 0.232 e. The monoisotopic (exact) mass is 382 g/mol. The molecule has 0 N–H and O–H groups in total. The first-order valence-corrected chi connectivity index (χ1v) is 7.41. The lowest BCUT2D eigenvalue weighted by molar-refractivity contribution is 0.876. The highest BCUT2D eigenvalue weighted by molar-refractivity contribution is 14.1. The van der Waals surface area contributed by atoms with Gasteiger partial charge in [0.05, 0.1) is 11.4 Å². The third kappa shape index (κ3) is 3.56. The molecule has 0 atom stereocenters. The molecule has 0 fully saturated rings. The molecule has 2 nitrogen and oxygen atoms in total. The van der Waals surface area contributed by atoms with Gasteiger partial charge in [-0.2, -0.15) is 0 Å². The van der Waals surface area contributed by atoms with E-state index in [1.54, 1.807) is 6.07 Å². The number of halogens is 4. The molecule has 1 rings (SSSR count). The molecule has 1 aromatic heterocycles. The number of nitrogens with zero attached hydrogens (tertiary/aromatic N) is 2. The van der Waals surface area contributed by atoms with Crippen LogP contribution < -0.4 is 0 Å². The molecule has 7 heteroatoms. The van der Waals surface area contributed by atoms with Crippen LogP contribution in [0.1, 0.15) is 11.4 Å². The Morgan fingerprint density at radius 2 is 2.07 bits per heavy atom. The Balaban J connectivity index is 3.17. The van der Waals surface area contributed by atoms with Gasteiger partial charge < -0.3 is 0 Å². The molecular formula is C7H6Cl3IN2S. The molecule has 1 aromatic rings. The third-order valence-electron chi connectivity index (χ3n) is 1.37. The smallest absolute Gasteiger partial charge is 0.227 e.